The number of carbonyl (C=O) groups excluding carboxylic acids is 1. The van der Waals surface area contributed by atoms with Crippen LogP contribution in [0.2, 0.25) is 0 Å². The quantitative estimate of drug-likeness (QED) is 0.527. The number of ketones is 1. The van der Waals surface area contributed by atoms with Gasteiger partial charge in [-0.15, -0.1) is 0 Å². The van der Waals surface area contributed by atoms with E-state index < -0.39 is 0 Å². The van der Waals surface area contributed by atoms with E-state index >= 15 is 0 Å². The molecule has 1 aliphatic rings. The van der Waals surface area contributed by atoms with Crippen LogP contribution in [0.5, 0.6) is 0 Å². The predicted octanol–water partition coefficient (Wildman–Crippen LogP) is 4.96. The maximum Gasteiger partial charge on any atom is 0.152 e. The third-order valence-corrected chi connectivity index (χ3v) is 4.84. The van der Waals surface area contributed by atoms with Gasteiger partial charge >= 0.3 is 0 Å². The van der Waals surface area contributed by atoms with Crippen molar-refractivity contribution in [2.24, 2.45) is 0 Å². The van der Waals surface area contributed by atoms with E-state index in [0.717, 1.165) is 25.9 Å². The minimum atomic E-state index is -0.234. The smallest absolute Gasteiger partial charge is 0.152 e. The lowest BCUT2D eigenvalue weighted by Gasteiger charge is -2.39. The summed E-state index contributed by atoms with van der Waals surface area (Å²) in [7, 11) is 0. The van der Waals surface area contributed by atoms with Gasteiger partial charge in [-0.2, -0.15) is 0 Å². The summed E-state index contributed by atoms with van der Waals surface area (Å²) in [6.07, 6.45) is 13.6. The van der Waals surface area contributed by atoms with Gasteiger partial charge in [-0.1, -0.05) is 51.9 Å². The Kier molecular flexibility index (Phi) is 8.44. The zero-order valence-electron chi connectivity index (χ0n) is 14.0. The van der Waals surface area contributed by atoms with Gasteiger partial charge in [0.05, 0.1) is 5.54 Å². The number of likely N-dealkylation sites (tertiary alicyclic amines) is 1. The maximum atomic E-state index is 12.5. The fourth-order valence-electron chi connectivity index (χ4n) is 3.18. The van der Waals surface area contributed by atoms with Gasteiger partial charge in [0.15, 0.2) is 5.78 Å². The average molecular weight is 281 g/mol. The van der Waals surface area contributed by atoms with Crippen molar-refractivity contribution < 1.29 is 4.79 Å². The second-order valence-corrected chi connectivity index (χ2v) is 6.90. The summed E-state index contributed by atoms with van der Waals surface area (Å²) in [5.41, 5.74) is -0.234. The Morgan fingerprint density at radius 3 is 2.05 bits per heavy atom. The number of nitrogens with zero attached hydrogens (tertiary/aromatic N) is 1. The topological polar surface area (TPSA) is 20.3 Å². The van der Waals surface area contributed by atoms with Gasteiger partial charge in [-0.25, -0.2) is 0 Å². The Morgan fingerprint density at radius 2 is 1.45 bits per heavy atom. The molecule has 118 valence electrons. The minimum Gasteiger partial charge on any atom is -0.298 e. The second kappa shape index (κ2) is 9.55. The third-order valence-electron chi connectivity index (χ3n) is 4.84. The molecule has 0 unspecified atom stereocenters. The van der Waals surface area contributed by atoms with Crippen molar-refractivity contribution in [3.8, 4) is 0 Å². The number of carbonyl (C=O) groups is 1. The molecule has 0 N–H and O–H groups in total. The van der Waals surface area contributed by atoms with Gasteiger partial charge in [0.2, 0.25) is 0 Å². The van der Waals surface area contributed by atoms with Crippen molar-refractivity contribution in [1.29, 1.82) is 0 Å². The molecule has 0 bridgehead atoms. The molecular weight excluding hydrogens is 246 g/mol. The van der Waals surface area contributed by atoms with E-state index in [9.17, 15) is 4.79 Å². The molecule has 0 amide bonds. The first-order valence-corrected chi connectivity index (χ1v) is 8.87. The highest BCUT2D eigenvalue weighted by Gasteiger charge is 2.33. The van der Waals surface area contributed by atoms with Gasteiger partial charge in [-0.05, 0) is 46.2 Å². The van der Waals surface area contributed by atoms with E-state index in [1.165, 1.54) is 57.8 Å². The SMILES string of the molecule is CCCCCCCCCC(=O)C(C)(C)N1CCCCC1. The molecule has 0 aromatic carbocycles. The summed E-state index contributed by atoms with van der Waals surface area (Å²) in [5.74, 6) is 0.452. The number of hydrogen-bond acceptors (Lipinski definition) is 2. The van der Waals surface area contributed by atoms with Gasteiger partial charge in [0, 0.05) is 6.42 Å². The number of hydrogen-bond donors (Lipinski definition) is 0. The zero-order chi connectivity index (χ0) is 14.8. The first kappa shape index (κ1) is 17.7. The largest absolute Gasteiger partial charge is 0.298 e. The van der Waals surface area contributed by atoms with Gasteiger partial charge in [0.25, 0.3) is 0 Å². The lowest BCUT2D eigenvalue weighted by molar-refractivity contribution is -0.130. The van der Waals surface area contributed by atoms with Crippen LogP contribution in [0.3, 0.4) is 0 Å². The molecule has 0 aliphatic carbocycles. The van der Waals surface area contributed by atoms with Crippen LogP contribution in [0, 0.1) is 0 Å². The molecule has 0 aromatic rings. The fraction of sp³-hybridized carbons (Fsp3) is 0.944. The van der Waals surface area contributed by atoms with Gasteiger partial charge < -0.3 is 0 Å². The van der Waals surface area contributed by atoms with Crippen LogP contribution in [-0.2, 0) is 4.79 Å². The summed E-state index contributed by atoms with van der Waals surface area (Å²) in [5, 5.41) is 0. The van der Waals surface area contributed by atoms with Crippen molar-refractivity contribution in [2.45, 2.75) is 96.9 Å². The molecule has 0 saturated carbocycles. The van der Waals surface area contributed by atoms with Crippen molar-refractivity contribution in [2.75, 3.05) is 13.1 Å². The minimum absolute atomic E-state index is 0.234. The molecule has 1 rings (SSSR count). The standard InChI is InChI=1S/C18H35NO/c1-4-5-6-7-8-9-11-14-17(20)18(2,3)19-15-12-10-13-16-19/h4-16H2,1-3H3. The van der Waals surface area contributed by atoms with Crippen LogP contribution < -0.4 is 0 Å². The number of Topliss-reactive ketones (excluding diaryl/α,β-unsaturated/α-hetero) is 1. The van der Waals surface area contributed by atoms with Crippen molar-refractivity contribution in [1.82, 2.24) is 4.90 Å². The van der Waals surface area contributed by atoms with Crippen LogP contribution in [0.1, 0.15) is 91.4 Å². The van der Waals surface area contributed by atoms with E-state index in [2.05, 4.69) is 25.7 Å². The number of rotatable bonds is 10. The zero-order valence-corrected chi connectivity index (χ0v) is 14.0. The summed E-state index contributed by atoms with van der Waals surface area (Å²) >= 11 is 0. The van der Waals surface area contributed by atoms with Crippen LogP contribution in [-0.4, -0.2) is 29.3 Å². The predicted molar refractivity (Wildman–Crippen MR) is 87.1 cm³/mol. The molecule has 2 nitrogen and oxygen atoms in total. The van der Waals surface area contributed by atoms with E-state index in [0.29, 0.717) is 5.78 Å². The Bertz CT molecular complexity index is 267. The van der Waals surface area contributed by atoms with E-state index in [-0.39, 0.29) is 5.54 Å². The molecule has 1 heterocycles. The molecule has 1 fully saturated rings. The normalized spacial score (nSPS) is 17.4. The molecule has 1 aliphatic heterocycles. The molecule has 20 heavy (non-hydrogen) atoms. The van der Waals surface area contributed by atoms with Gasteiger partial charge in [-0.3, -0.25) is 9.69 Å². The molecule has 0 spiro atoms. The fourth-order valence-corrected chi connectivity index (χ4v) is 3.18. The van der Waals surface area contributed by atoms with E-state index in [1.54, 1.807) is 0 Å². The maximum absolute atomic E-state index is 12.5. The Morgan fingerprint density at radius 1 is 0.900 bits per heavy atom. The molecule has 0 aromatic heterocycles. The van der Waals surface area contributed by atoms with E-state index in [1.807, 2.05) is 0 Å². The Balaban J connectivity index is 2.17. The van der Waals surface area contributed by atoms with E-state index in [4.69, 9.17) is 0 Å². The molecular formula is C18H35NO. The molecule has 0 radical (unpaired) electrons. The highest BCUT2D eigenvalue weighted by atomic mass is 16.1. The summed E-state index contributed by atoms with van der Waals surface area (Å²) in [4.78, 5) is 14.9. The van der Waals surface area contributed by atoms with Crippen molar-refractivity contribution >= 4 is 5.78 Å². The molecule has 1 saturated heterocycles. The highest BCUT2D eigenvalue weighted by molar-refractivity contribution is 5.87. The van der Waals surface area contributed by atoms with Crippen molar-refractivity contribution in [3.05, 3.63) is 0 Å². The first-order chi connectivity index (χ1) is 9.59. The highest BCUT2D eigenvalue weighted by Crippen LogP contribution is 2.23. The summed E-state index contributed by atoms with van der Waals surface area (Å²) in [6.45, 7) is 8.72. The van der Waals surface area contributed by atoms with Crippen LogP contribution >= 0.6 is 0 Å². The van der Waals surface area contributed by atoms with Crippen LogP contribution in [0.4, 0.5) is 0 Å². The molecule has 0 atom stereocenters. The van der Waals surface area contributed by atoms with Gasteiger partial charge in [0.1, 0.15) is 0 Å². The molecule has 2 heteroatoms. The monoisotopic (exact) mass is 281 g/mol. The first-order valence-electron chi connectivity index (χ1n) is 8.87. The number of piperidine rings is 1. The summed E-state index contributed by atoms with van der Waals surface area (Å²) in [6, 6.07) is 0. The third kappa shape index (κ3) is 5.95. The second-order valence-electron chi connectivity index (χ2n) is 6.90. The summed E-state index contributed by atoms with van der Waals surface area (Å²) < 4.78 is 0. The lowest BCUT2D eigenvalue weighted by atomic mass is 9.90. The van der Waals surface area contributed by atoms with Crippen LogP contribution in [0.25, 0.3) is 0 Å². The van der Waals surface area contributed by atoms with Crippen LogP contribution in [0.15, 0.2) is 0 Å². The average Bonchev–Trinajstić information content (AvgIpc) is 2.47. The lowest BCUT2D eigenvalue weighted by Crippen LogP contribution is -2.52. The number of unbranched alkanes of at least 4 members (excludes halogenated alkanes) is 6. The Hall–Kier alpha value is -0.370. The van der Waals surface area contributed by atoms with Crippen molar-refractivity contribution in [3.63, 3.8) is 0 Å². The Labute approximate surface area is 126 Å².